The summed E-state index contributed by atoms with van der Waals surface area (Å²) in [6.07, 6.45) is 6.85. The summed E-state index contributed by atoms with van der Waals surface area (Å²) in [4.78, 5) is 107. The highest BCUT2D eigenvalue weighted by atomic mass is 16.5. The number of hydrogen-bond acceptors (Lipinski definition) is 10. The Morgan fingerprint density at radius 1 is 0.778 bits per heavy atom. The molecule has 3 aliphatic carbocycles. The predicted molar refractivity (Wildman–Crippen MR) is 194 cm³/mol. The van der Waals surface area contributed by atoms with Crippen LogP contribution in [0.5, 0.6) is 0 Å². The first-order valence-electron chi connectivity index (χ1n) is 19.2. The third-order valence-corrected chi connectivity index (χ3v) is 10.9. The molecule has 1 saturated heterocycles. The Morgan fingerprint density at radius 2 is 1.46 bits per heavy atom. The van der Waals surface area contributed by atoms with Gasteiger partial charge in [0.05, 0.1) is 26.8 Å². The van der Waals surface area contributed by atoms with Crippen molar-refractivity contribution in [2.45, 2.75) is 127 Å². The zero-order valence-corrected chi connectivity index (χ0v) is 31.8. The zero-order chi connectivity index (χ0) is 39.5. The van der Waals surface area contributed by atoms with E-state index in [0.29, 0.717) is 31.3 Å². The van der Waals surface area contributed by atoms with Crippen LogP contribution in [0.25, 0.3) is 0 Å². The Balaban J connectivity index is 1.54. The van der Waals surface area contributed by atoms with Gasteiger partial charge in [-0.1, -0.05) is 45.6 Å². The van der Waals surface area contributed by atoms with E-state index in [2.05, 4.69) is 48.0 Å². The summed E-state index contributed by atoms with van der Waals surface area (Å²) in [5, 5.41) is 15.8. The van der Waals surface area contributed by atoms with Crippen LogP contribution in [0.4, 0.5) is 9.59 Å². The van der Waals surface area contributed by atoms with E-state index in [1.807, 2.05) is 6.92 Å². The molecule has 0 unspecified atom stereocenters. The van der Waals surface area contributed by atoms with E-state index in [0.717, 1.165) is 59.2 Å². The van der Waals surface area contributed by atoms with E-state index in [1.165, 1.54) is 4.90 Å². The Morgan fingerprint density at radius 3 is 2.07 bits per heavy atom. The molecule has 4 aliphatic rings. The molecule has 7 amide bonds. The van der Waals surface area contributed by atoms with E-state index >= 15 is 0 Å². The lowest BCUT2D eigenvalue weighted by Gasteiger charge is -2.34. The molecule has 3 saturated carbocycles. The zero-order valence-electron chi connectivity index (χ0n) is 31.8. The Kier molecular flexibility index (Phi) is 15.2. The van der Waals surface area contributed by atoms with Crippen LogP contribution in [0, 0.1) is 17.8 Å². The van der Waals surface area contributed by atoms with Crippen molar-refractivity contribution in [1.82, 2.24) is 36.8 Å². The molecule has 6 N–H and O–H groups in total. The third-order valence-electron chi connectivity index (χ3n) is 10.9. The van der Waals surface area contributed by atoms with Crippen LogP contribution in [0.15, 0.2) is 12.2 Å². The van der Waals surface area contributed by atoms with Gasteiger partial charge in [-0.05, 0) is 75.2 Å². The molecule has 1 heterocycles. The monoisotopic (exact) mass is 759 g/mol. The standard InChI is InChI=1S/C37H57N7O10/c1-6-11-25(30(45)34(49)39-23-16-17-23)40-33(48)29-24-15-10-14-22(24)19-44(29)35(50)27(20(2)3)42-32(47)28(21-12-8-7-9-13-21)43-31(46)26(41-37(52)54-5)18-38-36(51)53-4/h21-29H,2,6-19H2,1,3-5H3,(H,38,51)(H,39,49)(H,40,48)(H,41,52)(H,42,47)(H,43,46)/t22-,24-,25-,26-,27-,28-,29-/m0/s1. The summed E-state index contributed by atoms with van der Waals surface area (Å²) in [7, 11) is 2.26. The second-order valence-electron chi connectivity index (χ2n) is 15.0. The summed E-state index contributed by atoms with van der Waals surface area (Å²) in [5.41, 5.74) is 0.307. The topological polar surface area (TPSA) is 230 Å². The Bertz CT molecular complexity index is 1450. The molecule has 17 nitrogen and oxygen atoms in total. The van der Waals surface area contributed by atoms with Gasteiger partial charge in [0.15, 0.2) is 0 Å². The van der Waals surface area contributed by atoms with Gasteiger partial charge in [-0.15, -0.1) is 0 Å². The van der Waals surface area contributed by atoms with E-state index in [9.17, 15) is 38.4 Å². The number of likely N-dealkylation sites (tertiary alicyclic amines) is 1. The minimum atomic E-state index is -1.33. The maximum Gasteiger partial charge on any atom is 0.407 e. The molecule has 7 atom stereocenters. The summed E-state index contributed by atoms with van der Waals surface area (Å²) in [6.45, 7) is 7.33. The number of carbonyl (C=O) groups is 8. The van der Waals surface area contributed by atoms with E-state index < -0.39 is 77.7 Å². The number of Topliss-reactive ketones (excluding diaryl/α,β-unsaturated/α-hetero) is 1. The maximum absolute atomic E-state index is 14.4. The molecule has 54 heavy (non-hydrogen) atoms. The quantitative estimate of drug-likeness (QED) is 0.0909. The highest BCUT2D eigenvalue weighted by Gasteiger charge is 2.51. The SMILES string of the molecule is C=C(C)[C@H](NC(=O)[C@@H](NC(=O)[C@H](CNC(=O)OC)NC(=O)OC)C1CCCCC1)C(=O)N1C[C@@H]2CCC[C@@H]2[C@H]1C(=O)N[C@@H](CCC)C(=O)C(=O)NC1CC1. The fourth-order valence-electron chi connectivity index (χ4n) is 7.91. The number of rotatable bonds is 17. The van der Waals surface area contributed by atoms with Crippen molar-refractivity contribution in [3.05, 3.63) is 12.2 Å². The van der Waals surface area contributed by atoms with Gasteiger partial charge < -0.3 is 46.3 Å². The van der Waals surface area contributed by atoms with Crippen LogP contribution in [0.3, 0.4) is 0 Å². The van der Waals surface area contributed by atoms with E-state index in [1.54, 1.807) is 6.92 Å². The number of nitrogens with one attached hydrogen (secondary N) is 6. The van der Waals surface area contributed by atoms with Crippen molar-refractivity contribution in [2.24, 2.45) is 17.8 Å². The van der Waals surface area contributed by atoms with Crippen LogP contribution < -0.4 is 31.9 Å². The highest BCUT2D eigenvalue weighted by Crippen LogP contribution is 2.43. The fourth-order valence-corrected chi connectivity index (χ4v) is 7.91. The molecule has 0 aromatic carbocycles. The fraction of sp³-hybridized carbons (Fsp3) is 0.730. The summed E-state index contributed by atoms with van der Waals surface area (Å²) in [6, 6.07) is -5.70. The Hall–Kier alpha value is -4.70. The number of fused-ring (bicyclic) bond motifs is 1. The molecular weight excluding hydrogens is 702 g/mol. The van der Waals surface area contributed by atoms with E-state index in [-0.39, 0.29) is 43.3 Å². The largest absolute Gasteiger partial charge is 0.453 e. The van der Waals surface area contributed by atoms with Gasteiger partial charge in [-0.3, -0.25) is 28.8 Å². The minimum absolute atomic E-state index is 0.0246. The second kappa shape index (κ2) is 19.6. The lowest BCUT2D eigenvalue weighted by Crippen LogP contribution is -2.61. The minimum Gasteiger partial charge on any atom is -0.453 e. The summed E-state index contributed by atoms with van der Waals surface area (Å²) < 4.78 is 9.22. The molecule has 0 bridgehead atoms. The number of amides is 7. The van der Waals surface area contributed by atoms with Crippen LogP contribution >= 0.6 is 0 Å². The van der Waals surface area contributed by atoms with Gasteiger partial charge >= 0.3 is 12.2 Å². The van der Waals surface area contributed by atoms with Crippen molar-refractivity contribution < 1.29 is 47.8 Å². The van der Waals surface area contributed by atoms with Crippen LogP contribution in [-0.4, -0.2) is 116 Å². The first-order chi connectivity index (χ1) is 25.8. The first kappa shape index (κ1) is 42.0. The molecule has 0 aromatic heterocycles. The number of ketones is 1. The highest BCUT2D eigenvalue weighted by molar-refractivity contribution is 6.38. The molecule has 4 fully saturated rings. The van der Waals surface area contributed by atoms with Crippen molar-refractivity contribution in [3.8, 4) is 0 Å². The molecule has 0 radical (unpaired) electrons. The van der Waals surface area contributed by atoms with Crippen molar-refractivity contribution in [1.29, 1.82) is 0 Å². The van der Waals surface area contributed by atoms with Gasteiger partial charge in [0.2, 0.25) is 29.4 Å². The van der Waals surface area contributed by atoms with Crippen LogP contribution in [0.2, 0.25) is 0 Å². The van der Waals surface area contributed by atoms with Crippen LogP contribution in [-0.2, 0) is 38.2 Å². The number of methoxy groups -OCH3 is 2. The van der Waals surface area contributed by atoms with E-state index in [4.69, 9.17) is 0 Å². The average Bonchev–Trinajstić information content (AvgIpc) is 3.73. The molecule has 0 aromatic rings. The number of nitrogens with zero attached hydrogens (tertiary/aromatic N) is 1. The molecule has 4 rings (SSSR count). The first-order valence-corrected chi connectivity index (χ1v) is 19.2. The van der Waals surface area contributed by atoms with Crippen molar-refractivity contribution in [3.63, 3.8) is 0 Å². The number of ether oxygens (including phenoxy) is 2. The second-order valence-corrected chi connectivity index (χ2v) is 15.0. The summed E-state index contributed by atoms with van der Waals surface area (Å²) in [5.74, 6) is -4.36. The Labute approximate surface area is 316 Å². The third kappa shape index (κ3) is 10.9. The molecule has 0 spiro atoms. The van der Waals surface area contributed by atoms with Gasteiger partial charge in [-0.2, -0.15) is 0 Å². The molecule has 1 aliphatic heterocycles. The predicted octanol–water partition coefficient (Wildman–Crippen LogP) is 0.953. The lowest BCUT2D eigenvalue weighted by molar-refractivity contribution is -0.144. The maximum atomic E-state index is 14.4. The van der Waals surface area contributed by atoms with Gasteiger partial charge in [0.25, 0.3) is 5.91 Å². The van der Waals surface area contributed by atoms with Crippen molar-refractivity contribution >= 4 is 47.5 Å². The molecule has 17 heteroatoms. The van der Waals surface area contributed by atoms with Gasteiger partial charge in [0.1, 0.15) is 24.2 Å². The number of hydrogen-bond donors (Lipinski definition) is 6. The van der Waals surface area contributed by atoms with Crippen molar-refractivity contribution in [2.75, 3.05) is 27.3 Å². The average molecular weight is 760 g/mol. The normalized spacial score (nSPS) is 23.0. The van der Waals surface area contributed by atoms with Gasteiger partial charge in [0, 0.05) is 12.6 Å². The van der Waals surface area contributed by atoms with Gasteiger partial charge in [-0.25, -0.2) is 9.59 Å². The number of alkyl carbamates (subject to hydrolysis) is 2. The van der Waals surface area contributed by atoms with Crippen LogP contribution in [0.1, 0.15) is 90.9 Å². The molecular formula is C37H57N7O10. The smallest absolute Gasteiger partial charge is 0.407 e. The number of carbonyl (C=O) groups excluding carboxylic acids is 8. The summed E-state index contributed by atoms with van der Waals surface area (Å²) >= 11 is 0. The lowest BCUT2D eigenvalue weighted by atomic mass is 9.83. The molecule has 300 valence electrons.